The van der Waals surface area contributed by atoms with Crippen LogP contribution < -0.4 is 9.47 Å². The molecule has 0 atom stereocenters. The van der Waals surface area contributed by atoms with Crippen LogP contribution in [0.25, 0.3) is 10.4 Å². The average Bonchev–Trinajstić information content (AvgIpc) is 3.21. The molecule has 31 heavy (non-hydrogen) atoms. The minimum atomic E-state index is -0.463. The highest BCUT2D eigenvalue weighted by atomic mass is 32.1. The smallest absolute Gasteiger partial charge is 0.253 e. The number of aromatic nitrogens is 1. The van der Waals surface area contributed by atoms with Crippen LogP contribution in [0.4, 0.5) is 0 Å². The van der Waals surface area contributed by atoms with Crippen LogP contribution in [0.2, 0.25) is 0 Å². The van der Waals surface area contributed by atoms with E-state index in [0.717, 1.165) is 52.6 Å². The summed E-state index contributed by atoms with van der Waals surface area (Å²) in [7, 11) is 1.65. The number of carbonyl (C=O) groups excluding carboxylic acids is 1. The third kappa shape index (κ3) is 3.30. The molecule has 1 fully saturated rings. The van der Waals surface area contributed by atoms with E-state index in [2.05, 4.69) is 13.0 Å². The molecule has 0 saturated carbocycles. The first-order chi connectivity index (χ1) is 15.0. The summed E-state index contributed by atoms with van der Waals surface area (Å²) in [6.07, 6.45) is 2.33. The standard InChI is InChI=1S/C25H26N2O3S/c1-4-17-9-10-18(15-21(17)29-3)24(28)27-13-11-25(12-14-27)23-22(31-16(2)26-23)19-7-5-6-8-20(19)30-25/h5-10,15H,4,11-14H2,1-3H3. The molecular weight excluding hydrogens is 408 g/mol. The van der Waals surface area contributed by atoms with E-state index < -0.39 is 5.60 Å². The second-order valence-electron chi connectivity index (χ2n) is 8.18. The molecule has 0 radical (unpaired) electrons. The van der Waals surface area contributed by atoms with Crippen molar-refractivity contribution in [2.45, 2.75) is 38.7 Å². The highest BCUT2D eigenvalue weighted by molar-refractivity contribution is 7.15. The maximum absolute atomic E-state index is 13.2. The van der Waals surface area contributed by atoms with Gasteiger partial charge in [-0.3, -0.25) is 4.79 Å². The second-order valence-corrected chi connectivity index (χ2v) is 9.38. The van der Waals surface area contributed by atoms with Gasteiger partial charge in [0, 0.05) is 37.1 Å². The summed E-state index contributed by atoms with van der Waals surface area (Å²) in [5.74, 6) is 1.73. The minimum absolute atomic E-state index is 0.0432. The van der Waals surface area contributed by atoms with Gasteiger partial charge in [-0.15, -0.1) is 11.3 Å². The Morgan fingerprint density at radius 2 is 2.00 bits per heavy atom. The molecule has 3 aromatic rings. The summed E-state index contributed by atoms with van der Waals surface area (Å²) in [4.78, 5) is 21.2. The van der Waals surface area contributed by atoms with Gasteiger partial charge in [0.25, 0.3) is 5.91 Å². The van der Waals surface area contributed by atoms with Crippen molar-refractivity contribution >= 4 is 17.2 Å². The van der Waals surface area contributed by atoms with E-state index in [9.17, 15) is 4.79 Å². The minimum Gasteiger partial charge on any atom is -0.496 e. The summed E-state index contributed by atoms with van der Waals surface area (Å²) in [5, 5.41) is 1.05. The first kappa shape index (κ1) is 20.1. The fraction of sp³-hybridized carbons (Fsp3) is 0.360. The maximum Gasteiger partial charge on any atom is 0.253 e. The lowest BCUT2D eigenvalue weighted by Crippen LogP contribution is -2.49. The molecule has 6 heteroatoms. The van der Waals surface area contributed by atoms with Crippen LogP contribution in [-0.4, -0.2) is 36.0 Å². The van der Waals surface area contributed by atoms with Crippen LogP contribution in [0.1, 0.15) is 46.4 Å². The zero-order valence-corrected chi connectivity index (χ0v) is 18.9. The number of hydrogen-bond donors (Lipinski definition) is 0. The molecule has 1 amide bonds. The third-order valence-electron chi connectivity index (χ3n) is 6.38. The fourth-order valence-corrected chi connectivity index (χ4v) is 5.72. The van der Waals surface area contributed by atoms with E-state index in [1.165, 1.54) is 4.88 Å². The molecule has 3 heterocycles. The molecule has 2 aliphatic rings. The molecule has 1 spiro atoms. The molecule has 2 aliphatic heterocycles. The van der Waals surface area contributed by atoms with Gasteiger partial charge < -0.3 is 14.4 Å². The average molecular weight is 435 g/mol. The molecule has 0 unspecified atom stereocenters. The number of benzene rings is 2. The quantitative estimate of drug-likeness (QED) is 0.568. The summed E-state index contributed by atoms with van der Waals surface area (Å²) in [6.45, 7) is 5.40. The zero-order chi connectivity index (χ0) is 21.6. The Hall–Kier alpha value is -2.86. The predicted octanol–water partition coefficient (Wildman–Crippen LogP) is 5.21. The van der Waals surface area contributed by atoms with Crippen LogP contribution in [-0.2, 0) is 12.0 Å². The number of hydrogen-bond acceptors (Lipinski definition) is 5. The van der Waals surface area contributed by atoms with Gasteiger partial charge in [0.1, 0.15) is 17.2 Å². The van der Waals surface area contributed by atoms with Crippen LogP contribution in [0.5, 0.6) is 11.5 Å². The van der Waals surface area contributed by atoms with Crippen molar-refractivity contribution in [1.29, 1.82) is 0 Å². The summed E-state index contributed by atoms with van der Waals surface area (Å²) in [5.41, 5.74) is 3.47. The number of rotatable bonds is 3. The van der Waals surface area contributed by atoms with Crippen LogP contribution in [0.3, 0.4) is 0 Å². The molecule has 1 aromatic heterocycles. The number of likely N-dealkylation sites (tertiary alicyclic amines) is 1. The van der Waals surface area contributed by atoms with Gasteiger partial charge in [-0.2, -0.15) is 0 Å². The summed E-state index contributed by atoms with van der Waals surface area (Å²) < 4.78 is 12.1. The molecule has 160 valence electrons. The molecule has 0 aliphatic carbocycles. The van der Waals surface area contributed by atoms with Gasteiger partial charge in [0.15, 0.2) is 5.60 Å². The highest BCUT2D eigenvalue weighted by Crippen LogP contribution is 2.51. The normalized spacial score (nSPS) is 16.4. The second kappa shape index (κ2) is 7.68. The van der Waals surface area contributed by atoms with Crippen molar-refractivity contribution in [3.8, 4) is 21.9 Å². The van der Waals surface area contributed by atoms with Crippen molar-refractivity contribution in [2.75, 3.05) is 20.2 Å². The van der Waals surface area contributed by atoms with Crippen molar-refractivity contribution < 1.29 is 14.3 Å². The molecule has 0 N–H and O–H groups in total. The number of nitrogens with zero attached hydrogens (tertiary/aromatic N) is 2. The lowest BCUT2D eigenvalue weighted by atomic mass is 9.84. The number of carbonyl (C=O) groups is 1. The van der Waals surface area contributed by atoms with Crippen molar-refractivity contribution in [3.05, 3.63) is 64.3 Å². The van der Waals surface area contributed by atoms with E-state index in [4.69, 9.17) is 14.5 Å². The van der Waals surface area contributed by atoms with E-state index >= 15 is 0 Å². The lowest BCUT2D eigenvalue weighted by Gasteiger charge is -2.43. The number of amides is 1. The first-order valence-corrected chi connectivity index (χ1v) is 11.6. The topological polar surface area (TPSA) is 51.7 Å². The monoisotopic (exact) mass is 434 g/mol. The maximum atomic E-state index is 13.2. The molecule has 0 bridgehead atoms. The van der Waals surface area contributed by atoms with E-state index in [-0.39, 0.29) is 5.91 Å². The van der Waals surface area contributed by atoms with Gasteiger partial charge in [-0.05, 0) is 43.2 Å². The van der Waals surface area contributed by atoms with Crippen LogP contribution in [0, 0.1) is 6.92 Å². The zero-order valence-electron chi connectivity index (χ0n) is 18.1. The summed E-state index contributed by atoms with van der Waals surface area (Å²) in [6, 6.07) is 13.9. The number of ether oxygens (including phenoxy) is 2. The van der Waals surface area contributed by atoms with Crippen molar-refractivity contribution in [1.82, 2.24) is 9.88 Å². The SMILES string of the molecule is CCc1ccc(C(=O)N2CCC3(CC2)Oc2ccccc2-c2sc(C)nc23)cc1OC. The first-order valence-electron chi connectivity index (χ1n) is 10.8. The number of para-hydroxylation sites is 1. The number of methoxy groups -OCH3 is 1. The van der Waals surface area contributed by atoms with Crippen molar-refractivity contribution in [2.24, 2.45) is 0 Å². The van der Waals surface area contributed by atoms with Gasteiger partial charge >= 0.3 is 0 Å². The molecular formula is C25H26N2O3S. The number of fused-ring (bicyclic) bond motifs is 4. The van der Waals surface area contributed by atoms with Gasteiger partial charge in [0.2, 0.25) is 0 Å². The van der Waals surface area contributed by atoms with Crippen LogP contribution in [0.15, 0.2) is 42.5 Å². The van der Waals surface area contributed by atoms with E-state index in [1.807, 2.05) is 48.2 Å². The number of thiazole rings is 1. The highest BCUT2D eigenvalue weighted by Gasteiger charge is 2.46. The Morgan fingerprint density at radius 1 is 1.23 bits per heavy atom. The third-order valence-corrected chi connectivity index (χ3v) is 7.38. The van der Waals surface area contributed by atoms with Gasteiger partial charge in [0.05, 0.1) is 17.0 Å². The van der Waals surface area contributed by atoms with Gasteiger partial charge in [-0.1, -0.05) is 25.1 Å². The van der Waals surface area contributed by atoms with E-state index in [1.54, 1.807) is 18.4 Å². The Balaban J connectivity index is 1.40. The van der Waals surface area contributed by atoms with Crippen molar-refractivity contribution in [3.63, 3.8) is 0 Å². The lowest BCUT2D eigenvalue weighted by molar-refractivity contribution is -0.00433. The largest absolute Gasteiger partial charge is 0.496 e. The molecule has 5 rings (SSSR count). The fourth-order valence-electron chi connectivity index (χ4n) is 4.68. The number of aryl methyl sites for hydroxylation is 2. The molecule has 2 aromatic carbocycles. The van der Waals surface area contributed by atoms with Crippen LogP contribution >= 0.6 is 11.3 Å². The van der Waals surface area contributed by atoms with E-state index in [0.29, 0.717) is 18.7 Å². The summed E-state index contributed by atoms with van der Waals surface area (Å²) >= 11 is 1.73. The molecule has 1 saturated heterocycles. The predicted molar refractivity (Wildman–Crippen MR) is 122 cm³/mol. The van der Waals surface area contributed by atoms with Gasteiger partial charge in [-0.25, -0.2) is 4.98 Å². The Bertz CT molecular complexity index is 1150. The molecule has 5 nitrogen and oxygen atoms in total. The Labute approximate surface area is 186 Å². The Morgan fingerprint density at radius 3 is 2.74 bits per heavy atom. The Kier molecular flexibility index (Phi) is 4.97. The number of piperidine rings is 1.